The number of carbonyl (C=O) groups is 1. The van der Waals surface area contributed by atoms with E-state index in [9.17, 15) is 22.4 Å². The van der Waals surface area contributed by atoms with E-state index in [-0.39, 0.29) is 5.56 Å². The molecule has 1 rings (SSSR count). The van der Waals surface area contributed by atoms with Crippen LogP contribution in [-0.4, -0.2) is 17.9 Å². The van der Waals surface area contributed by atoms with Crippen LogP contribution in [0, 0.1) is 5.82 Å². The monoisotopic (exact) mass is 295 g/mol. The Morgan fingerprint density at radius 1 is 1.20 bits per heavy atom. The summed E-state index contributed by atoms with van der Waals surface area (Å²) in [6.07, 6.45) is -5.05. The maximum atomic E-state index is 13.6. The number of nitrogen functional groups attached to an aromatic ring is 1. The molecule has 0 aliphatic rings. The van der Waals surface area contributed by atoms with Crippen LogP contribution >= 0.6 is 0 Å². The van der Waals surface area contributed by atoms with E-state index in [2.05, 4.69) is 4.74 Å². The molecule has 0 aromatic heterocycles. The summed E-state index contributed by atoms with van der Waals surface area (Å²) < 4.78 is 58.1. The predicted octanol–water partition coefficient (Wildman–Crippen LogP) is 3.26. The Bertz CT molecular complexity index is 521. The minimum atomic E-state index is -5.05. The second-order valence-corrected chi connectivity index (χ2v) is 4.89. The molecule has 0 spiro atoms. The summed E-state index contributed by atoms with van der Waals surface area (Å²) in [4.78, 5) is 11.7. The number of nitrogens with two attached hydrogens (primary N) is 1. The molecule has 0 fully saturated rings. The summed E-state index contributed by atoms with van der Waals surface area (Å²) in [6.45, 7) is 4.75. The van der Waals surface area contributed by atoms with Crippen LogP contribution in [0.1, 0.15) is 31.1 Å². The molecule has 8 heteroatoms. The van der Waals surface area contributed by atoms with E-state index >= 15 is 0 Å². The fourth-order valence-corrected chi connectivity index (χ4v) is 1.29. The van der Waals surface area contributed by atoms with Gasteiger partial charge >= 0.3 is 12.3 Å². The van der Waals surface area contributed by atoms with E-state index in [1.54, 1.807) is 20.8 Å². The zero-order chi connectivity index (χ0) is 15.7. The van der Waals surface area contributed by atoms with Gasteiger partial charge in [-0.2, -0.15) is 0 Å². The zero-order valence-electron chi connectivity index (χ0n) is 11.0. The molecule has 112 valence electrons. The van der Waals surface area contributed by atoms with Crippen molar-refractivity contribution in [3.8, 4) is 5.75 Å². The van der Waals surface area contributed by atoms with Crippen LogP contribution in [0.25, 0.3) is 0 Å². The molecule has 0 atom stereocenters. The number of benzene rings is 1. The number of ether oxygens (including phenoxy) is 2. The third kappa shape index (κ3) is 4.29. The van der Waals surface area contributed by atoms with Crippen molar-refractivity contribution in [1.82, 2.24) is 0 Å². The summed E-state index contributed by atoms with van der Waals surface area (Å²) >= 11 is 0. The minimum Gasteiger partial charge on any atom is -0.456 e. The quantitative estimate of drug-likeness (QED) is 0.517. The van der Waals surface area contributed by atoms with Gasteiger partial charge in [-0.25, -0.2) is 9.18 Å². The molecule has 4 nitrogen and oxygen atoms in total. The lowest BCUT2D eigenvalue weighted by atomic mass is 10.1. The van der Waals surface area contributed by atoms with Crippen molar-refractivity contribution < 1.29 is 31.8 Å². The number of hydrogen-bond donors (Lipinski definition) is 1. The molecule has 0 heterocycles. The molecule has 0 unspecified atom stereocenters. The third-order valence-electron chi connectivity index (χ3n) is 1.99. The molecule has 0 bridgehead atoms. The van der Waals surface area contributed by atoms with E-state index in [1.807, 2.05) is 0 Å². The van der Waals surface area contributed by atoms with Gasteiger partial charge in [-0.05, 0) is 32.9 Å². The Morgan fingerprint density at radius 2 is 1.75 bits per heavy atom. The first kappa shape index (κ1) is 16.1. The van der Waals surface area contributed by atoms with Gasteiger partial charge in [-0.3, -0.25) is 0 Å². The Hall–Kier alpha value is -1.99. The van der Waals surface area contributed by atoms with E-state index in [0.717, 1.165) is 6.07 Å². The highest BCUT2D eigenvalue weighted by Crippen LogP contribution is 2.31. The maximum absolute atomic E-state index is 13.6. The van der Waals surface area contributed by atoms with Gasteiger partial charge in [-0.15, -0.1) is 13.2 Å². The highest BCUT2D eigenvalue weighted by Gasteiger charge is 2.33. The topological polar surface area (TPSA) is 61.5 Å². The molecular formula is C12H13F4NO3. The number of rotatable bonds is 2. The molecule has 0 amide bonds. The number of alkyl halides is 3. The molecule has 0 saturated carbocycles. The number of halogens is 4. The molecule has 0 radical (unpaired) electrons. The maximum Gasteiger partial charge on any atom is 0.573 e. The number of anilines is 1. The van der Waals surface area contributed by atoms with Crippen LogP contribution < -0.4 is 10.5 Å². The largest absolute Gasteiger partial charge is 0.573 e. The molecule has 0 saturated heterocycles. The fraction of sp³-hybridized carbons (Fsp3) is 0.417. The Morgan fingerprint density at radius 3 is 2.20 bits per heavy atom. The highest BCUT2D eigenvalue weighted by atomic mass is 19.4. The molecule has 2 N–H and O–H groups in total. The van der Waals surface area contributed by atoms with Gasteiger partial charge in [-0.1, -0.05) is 0 Å². The molecular weight excluding hydrogens is 282 g/mol. The Balaban J connectivity index is 3.09. The number of hydrogen-bond acceptors (Lipinski definition) is 4. The van der Waals surface area contributed by atoms with Gasteiger partial charge in [0.1, 0.15) is 5.60 Å². The van der Waals surface area contributed by atoms with Crippen LogP contribution in [0.2, 0.25) is 0 Å². The van der Waals surface area contributed by atoms with Crippen molar-refractivity contribution in [1.29, 1.82) is 0 Å². The van der Waals surface area contributed by atoms with Crippen LogP contribution in [0.4, 0.5) is 23.2 Å². The normalized spacial score (nSPS) is 12.2. The van der Waals surface area contributed by atoms with Crippen LogP contribution in [0.3, 0.4) is 0 Å². The van der Waals surface area contributed by atoms with Crippen molar-refractivity contribution >= 4 is 11.7 Å². The summed E-state index contributed by atoms with van der Waals surface area (Å²) in [5.41, 5.74) is 3.32. The van der Waals surface area contributed by atoms with Crippen molar-refractivity contribution in [2.75, 3.05) is 5.73 Å². The van der Waals surface area contributed by atoms with Gasteiger partial charge in [0, 0.05) is 0 Å². The number of carbonyl (C=O) groups excluding carboxylic acids is 1. The van der Waals surface area contributed by atoms with Crippen LogP contribution in [-0.2, 0) is 4.74 Å². The summed E-state index contributed by atoms with van der Waals surface area (Å²) in [5.74, 6) is -3.51. The summed E-state index contributed by atoms with van der Waals surface area (Å²) in [7, 11) is 0. The summed E-state index contributed by atoms with van der Waals surface area (Å²) in [6, 6.07) is 1.58. The molecule has 1 aromatic carbocycles. The minimum absolute atomic E-state index is 0.369. The lowest BCUT2D eigenvalue weighted by molar-refractivity contribution is -0.275. The number of esters is 1. The lowest BCUT2D eigenvalue weighted by Gasteiger charge is -2.20. The van der Waals surface area contributed by atoms with Gasteiger partial charge in [0.05, 0.1) is 11.3 Å². The van der Waals surface area contributed by atoms with Gasteiger partial charge in [0.2, 0.25) is 0 Å². The van der Waals surface area contributed by atoms with Gasteiger partial charge in [0.15, 0.2) is 11.6 Å². The standard InChI is InChI=1S/C12H13F4NO3/c1-11(2,3)20-10(18)6-4-5-7(8(13)9(6)17)19-12(14,15)16/h4-5H,17H2,1-3H3. The molecule has 0 aliphatic carbocycles. The Kier molecular flexibility index (Phi) is 4.16. The van der Waals surface area contributed by atoms with Crippen molar-refractivity contribution in [3.63, 3.8) is 0 Å². The smallest absolute Gasteiger partial charge is 0.456 e. The first-order valence-electron chi connectivity index (χ1n) is 5.48. The average molecular weight is 295 g/mol. The van der Waals surface area contributed by atoms with Crippen LogP contribution in [0.5, 0.6) is 5.75 Å². The van der Waals surface area contributed by atoms with E-state index in [1.165, 1.54) is 0 Å². The Labute approximate surface area is 112 Å². The van der Waals surface area contributed by atoms with E-state index in [4.69, 9.17) is 10.5 Å². The first-order valence-corrected chi connectivity index (χ1v) is 5.48. The van der Waals surface area contributed by atoms with E-state index in [0.29, 0.717) is 6.07 Å². The molecule has 20 heavy (non-hydrogen) atoms. The third-order valence-corrected chi connectivity index (χ3v) is 1.99. The van der Waals surface area contributed by atoms with Crippen molar-refractivity contribution in [2.24, 2.45) is 0 Å². The molecule has 1 aromatic rings. The highest BCUT2D eigenvalue weighted by molar-refractivity contribution is 5.95. The zero-order valence-corrected chi connectivity index (χ0v) is 11.0. The lowest BCUT2D eigenvalue weighted by Crippen LogP contribution is -2.25. The SMILES string of the molecule is CC(C)(C)OC(=O)c1ccc(OC(F)(F)F)c(F)c1N. The fourth-order valence-electron chi connectivity index (χ4n) is 1.29. The summed E-state index contributed by atoms with van der Waals surface area (Å²) in [5, 5.41) is 0. The second-order valence-electron chi connectivity index (χ2n) is 4.89. The average Bonchev–Trinajstić information content (AvgIpc) is 2.20. The second kappa shape index (κ2) is 5.18. The molecule has 0 aliphatic heterocycles. The first-order chi connectivity index (χ1) is 8.91. The van der Waals surface area contributed by atoms with E-state index < -0.39 is 35.2 Å². The van der Waals surface area contributed by atoms with Crippen molar-refractivity contribution in [3.05, 3.63) is 23.5 Å². The van der Waals surface area contributed by atoms with Gasteiger partial charge < -0.3 is 15.2 Å². The van der Waals surface area contributed by atoms with Crippen LogP contribution in [0.15, 0.2) is 12.1 Å². The predicted molar refractivity (Wildman–Crippen MR) is 62.7 cm³/mol. The van der Waals surface area contributed by atoms with Gasteiger partial charge in [0.25, 0.3) is 0 Å². The van der Waals surface area contributed by atoms with Crippen molar-refractivity contribution in [2.45, 2.75) is 32.7 Å².